The van der Waals surface area contributed by atoms with Crippen LogP contribution in [0.15, 0.2) is 36.7 Å². The number of fused-ring (bicyclic) bond motifs is 1. The van der Waals surface area contributed by atoms with Gasteiger partial charge in [0.2, 0.25) is 11.8 Å². The quantitative estimate of drug-likeness (QED) is 0.243. The second-order valence-corrected chi connectivity index (χ2v) is 11.5. The number of esters is 1. The summed E-state index contributed by atoms with van der Waals surface area (Å²) in [5.74, 6) is 0.288. The molecule has 212 valence electrons. The van der Waals surface area contributed by atoms with Gasteiger partial charge in [0.15, 0.2) is 11.2 Å². The smallest absolute Gasteiger partial charge is 0.459 e. The van der Waals surface area contributed by atoms with Crippen molar-refractivity contribution in [2.24, 2.45) is 11.8 Å². The summed E-state index contributed by atoms with van der Waals surface area (Å²) in [6.45, 7) is 7.61. The average molecular weight is 563 g/mol. The van der Waals surface area contributed by atoms with E-state index in [4.69, 9.17) is 29.0 Å². The third-order valence-electron chi connectivity index (χ3n) is 5.99. The van der Waals surface area contributed by atoms with Crippen molar-refractivity contribution in [2.45, 2.75) is 52.5 Å². The van der Waals surface area contributed by atoms with E-state index in [2.05, 4.69) is 20.0 Å². The molecule has 4 rings (SSSR count). The Bertz CT molecular complexity index is 1320. The van der Waals surface area contributed by atoms with Gasteiger partial charge in [-0.15, -0.1) is 0 Å². The number of nitrogens with zero attached hydrogens (tertiary/aromatic N) is 4. The molecule has 0 bridgehead atoms. The Morgan fingerprint density at radius 1 is 1.26 bits per heavy atom. The number of para-hydroxylation sites is 1. The van der Waals surface area contributed by atoms with E-state index in [-0.39, 0.29) is 36.9 Å². The maximum Gasteiger partial charge on any atom is 0.459 e. The molecule has 1 aliphatic rings. The molecule has 2 aromatic heterocycles. The number of nitrogens with two attached hydrogens (primary N) is 1. The molecule has 0 amide bonds. The predicted molar refractivity (Wildman–Crippen MR) is 143 cm³/mol. The van der Waals surface area contributed by atoms with Crippen molar-refractivity contribution in [2.75, 3.05) is 26.1 Å². The van der Waals surface area contributed by atoms with Crippen molar-refractivity contribution < 1.29 is 32.6 Å². The van der Waals surface area contributed by atoms with E-state index < -0.39 is 32.1 Å². The van der Waals surface area contributed by atoms with Crippen LogP contribution in [0.25, 0.3) is 11.2 Å². The van der Waals surface area contributed by atoms with Crippen molar-refractivity contribution in [1.29, 1.82) is 0 Å². The third kappa shape index (κ3) is 7.04. The molecule has 5 unspecified atom stereocenters. The SMILES string of the molecule is COc1nc(N)nc2c1ncn2C1OC(COP(=O)(NC(C)C(=O)OCC(C)C)Oc2ccccc2)CC1C. The average Bonchev–Trinajstić information content (AvgIpc) is 3.48. The Kier molecular flexibility index (Phi) is 9.06. The highest BCUT2D eigenvalue weighted by Gasteiger charge is 2.38. The van der Waals surface area contributed by atoms with Crippen LogP contribution in [-0.2, 0) is 23.4 Å². The highest BCUT2D eigenvalue weighted by atomic mass is 31.2. The van der Waals surface area contributed by atoms with E-state index in [1.807, 2.05) is 20.8 Å². The van der Waals surface area contributed by atoms with Gasteiger partial charge < -0.3 is 24.5 Å². The summed E-state index contributed by atoms with van der Waals surface area (Å²) in [7, 11) is -2.53. The molecule has 1 saturated heterocycles. The maximum absolute atomic E-state index is 13.8. The van der Waals surface area contributed by atoms with E-state index in [0.29, 0.717) is 23.3 Å². The first-order valence-corrected chi connectivity index (χ1v) is 14.3. The lowest BCUT2D eigenvalue weighted by Gasteiger charge is -2.24. The number of hydrogen-bond acceptors (Lipinski definition) is 11. The summed E-state index contributed by atoms with van der Waals surface area (Å²) in [4.78, 5) is 25.2. The van der Waals surface area contributed by atoms with Crippen LogP contribution in [0.1, 0.15) is 40.3 Å². The molecule has 3 N–H and O–H groups in total. The van der Waals surface area contributed by atoms with E-state index in [1.165, 1.54) is 7.11 Å². The van der Waals surface area contributed by atoms with Crippen LogP contribution >= 0.6 is 7.75 Å². The molecular formula is C25H35N6O7P. The van der Waals surface area contributed by atoms with Crippen LogP contribution in [0.4, 0.5) is 5.95 Å². The van der Waals surface area contributed by atoms with E-state index in [1.54, 1.807) is 48.1 Å². The van der Waals surface area contributed by atoms with Gasteiger partial charge in [0.1, 0.15) is 18.0 Å². The highest BCUT2D eigenvalue weighted by molar-refractivity contribution is 7.52. The number of benzene rings is 1. The number of methoxy groups -OCH3 is 1. The second-order valence-electron chi connectivity index (χ2n) is 9.85. The summed E-state index contributed by atoms with van der Waals surface area (Å²) in [6, 6.07) is 7.65. The van der Waals surface area contributed by atoms with Gasteiger partial charge in [0, 0.05) is 5.92 Å². The molecule has 39 heavy (non-hydrogen) atoms. The lowest BCUT2D eigenvalue weighted by Crippen LogP contribution is -2.36. The topological polar surface area (TPSA) is 162 Å². The molecule has 1 aromatic carbocycles. The van der Waals surface area contributed by atoms with Crippen LogP contribution in [-0.4, -0.2) is 58.0 Å². The number of rotatable bonds is 12. The first kappa shape index (κ1) is 28.8. The van der Waals surface area contributed by atoms with Crippen molar-refractivity contribution in [3.63, 3.8) is 0 Å². The Balaban J connectivity index is 1.47. The van der Waals surface area contributed by atoms with Gasteiger partial charge in [-0.3, -0.25) is 13.9 Å². The number of ether oxygens (including phenoxy) is 3. The van der Waals surface area contributed by atoms with Crippen LogP contribution in [0.3, 0.4) is 0 Å². The third-order valence-corrected chi connectivity index (χ3v) is 7.63. The van der Waals surface area contributed by atoms with Crippen molar-refractivity contribution in [3.05, 3.63) is 36.7 Å². The first-order valence-electron chi connectivity index (χ1n) is 12.7. The van der Waals surface area contributed by atoms with Gasteiger partial charge in [0.05, 0.1) is 32.8 Å². The van der Waals surface area contributed by atoms with E-state index in [9.17, 15) is 9.36 Å². The standard InChI is InChI=1S/C25H35N6O7P/c1-15(2)12-35-24(32)17(4)30-39(33,38-18-9-7-6-8-10-18)36-13-19-11-16(3)23(37-19)31-14-27-20-21(31)28-25(26)29-22(20)34-5/h6-10,14-17,19,23H,11-13H2,1-5H3,(H,30,33)(H2,26,28,29). The van der Waals surface area contributed by atoms with Crippen molar-refractivity contribution in [3.8, 4) is 11.6 Å². The predicted octanol–water partition coefficient (Wildman–Crippen LogP) is 3.72. The molecule has 14 heteroatoms. The lowest BCUT2D eigenvalue weighted by molar-refractivity contribution is -0.146. The molecular weight excluding hydrogens is 527 g/mol. The normalized spacial score (nSPS) is 21.5. The minimum atomic E-state index is -4.01. The van der Waals surface area contributed by atoms with Gasteiger partial charge >= 0.3 is 13.7 Å². The van der Waals surface area contributed by atoms with Crippen LogP contribution in [0.2, 0.25) is 0 Å². The largest absolute Gasteiger partial charge is 0.479 e. The zero-order valence-corrected chi connectivity index (χ0v) is 23.5. The molecule has 3 heterocycles. The molecule has 1 fully saturated rings. The summed E-state index contributed by atoms with van der Waals surface area (Å²) < 4.78 is 43.9. The molecule has 0 radical (unpaired) electrons. The summed E-state index contributed by atoms with van der Waals surface area (Å²) in [5, 5.41) is 2.70. The molecule has 1 aliphatic heterocycles. The number of imidazole rings is 1. The van der Waals surface area contributed by atoms with Crippen LogP contribution in [0.5, 0.6) is 11.6 Å². The fourth-order valence-electron chi connectivity index (χ4n) is 4.16. The van der Waals surface area contributed by atoms with Crippen LogP contribution in [0, 0.1) is 11.8 Å². The molecule has 0 saturated carbocycles. The van der Waals surface area contributed by atoms with Crippen molar-refractivity contribution in [1.82, 2.24) is 24.6 Å². The minimum Gasteiger partial charge on any atom is -0.479 e. The fourth-order valence-corrected chi connectivity index (χ4v) is 5.68. The molecule has 13 nitrogen and oxygen atoms in total. The van der Waals surface area contributed by atoms with Crippen molar-refractivity contribution >= 4 is 30.8 Å². The van der Waals surface area contributed by atoms with Gasteiger partial charge in [-0.1, -0.05) is 39.0 Å². The Hall–Kier alpha value is -3.25. The van der Waals surface area contributed by atoms with Gasteiger partial charge in [-0.2, -0.15) is 15.1 Å². The number of nitrogen functional groups attached to an aromatic ring is 1. The second kappa shape index (κ2) is 12.3. The zero-order chi connectivity index (χ0) is 28.2. The van der Waals surface area contributed by atoms with Gasteiger partial charge in [0.25, 0.3) is 0 Å². The monoisotopic (exact) mass is 562 g/mol. The Labute approximate surface area is 226 Å². The Morgan fingerprint density at radius 2 is 2.00 bits per heavy atom. The number of carbonyl (C=O) groups excluding carboxylic acids is 1. The number of nitrogens with one attached hydrogen (secondary N) is 1. The number of aromatic nitrogens is 4. The fraction of sp³-hybridized carbons (Fsp3) is 0.520. The van der Waals surface area contributed by atoms with E-state index >= 15 is 0 Å². The number of hydrogen-bond donors (Lipinski definition) is 2. The zero-order valence-electron chi connectivity index (χ0n) is 22.6. The Morgan fingerprint density at radius 3 is 2.69 bits per heavy atom. The molecule has 3 aromatic rings. The molecule has 5 atom stereocenters. The summed E-state index contributed by atoms with van der Waals surface area (Å²) in [6.07, 6.45) is 1.33. The molecule has 0 aliphatic carbocycles. The lowest BCUT2D eigenvalue weighted by atomic mass is 10.1. The van der Waals surface area contributed by atoms with E-state index in [0.717, 1.165) is 0 Å². The van der Waals surface area contributed by atoms with Gasteiger partial charge in [-0.25, -0.2) is 9.55 Å². The first-order chi connectivity index (χ1) is 18.6. The molecule has 0 spiro atoms. The van der Waals surface area contributed by atoms with Crippen LogP contribution < -0.4 is 20.1 Å². The number of carbonyl (C=O) groups is 1. The summed E-state index contributed by atoms with van der Waals surface area (Å²) in [5.41, 5.74) is 6.79. The number of anilines is 1. The minimum absolute atomic E-state index is 0.0329. The summed E-state index contributed by atoms with van der Waals surface area (Å²) >= 11 is 0. The van der Waals surface area contributed by atoms with Gasteiger partial charge in [-0.05, 0) is 31.4 Å². The highest BCUT2D eigenvalue weighted by Crippen LogP contribution is 2.46. The maximum atomic E-state index is 13.8.